The van der Waals surface area contributed by atoms with Crippen LogP contribution in [0.25, 0.3) is 23.0 Å². The Kier molecular flexibility index (Phi) is 6.02. The van der Waals surface area contributed by atoms with E-state index in [2.05, 4.69) is 53.6 Å². The van der Waals surface area contributed by atoms with E-state index in [0.29, 0.717) is 6.04 Å². The molecule has 28 heavy (non-hydrogen) atoms. The summed E-state index contributed by atoms with van der Waals surface area (Å²) in [4.78, 5) is 4.53. The van der Waals surface area contributed by atoms with Gasteiger partial charge < -0.3 is 10.1 Å². The highest BCUT2D eigenvalue weighted by atomic mass is 16.5. The van der Waals surface area contributed by atoms with Crippen molar-refractivity contribution in [2.24, 2.45) is 0 Å². The van der Waals surface area contributed by atoms with E-state index in [9.17, 15) is 0 Å². The van der Waals surface area contributed by atoms with Crippen LogP contribution in [0.5, 0.6) is 0 Å². The molecule has 1 aliphatic rings. The molecular formula is C23H28N4O. The van der Waals surface area contributed by atoms with Gasteiger partial charge >= 0.3 is 0 Å². The number of hydrogen-bond acceptors (Lipinski definition) is 4. The van der Waals surface area contributed by atoms with E-state index >= 15 is 0 Å². The Balaban J connectivity index is 1.58. The van der Waals surface area contributed by atoms with E-state index in [4.69, 9.17) is 9.84 Å². The molecular weight excluding hydrogens is 348 g/mol. The second kappa shape index (κ2) is 9.02. The van der Waals surface area contributed by atoms with Gasteiger partial charge in [-0.05, 0) is 43.0 Å². The number of allylic oxidation sites excluding steroid dienone is 1. The molecule has 3 aromatic rings. The van der Waals surface area contributed by atoms with Crippen molar-refractivity contribution in [3.8, 4) is 11.3 Å². The Morgan fingerprint density at radius 2 is 2.11 bits per heavy atom. The third-order valence-electron chi connectivity index (χ3n) is 5.15. The molecule has 0 saturated carbocycles. The summed E-state index contributed by atoms with van der Waals surface area (Å²) in [6.45, 7) is 3.85. The number of rotatable bonds is 7. The van der Waals surface area contributed by atoms with E-state index in [1.807, 2.05) is 22.8 Å². The normalized spacial score (nSPS) is 15.5. The van der Waals surface area contributed by atoms with E-state index < -0.39 is 0 Å². The van der Waals surface area contributed by atoms with E-state index in [-0.39, 0.29) is 0 Å². The quantitative estimate of drug-likeness (QED) is 0.577. The van der Waals surface area contributed by atoms with Crippen LogP contribution in [0.2, 0.25) is 0 Å². The number of aromatic nitrogens is 3. The lowest BCUT2D eigenvalue weighted by Gasteiger charge is -2.23. The molecule has 0 atom stereocenters. The number of fused-ring (bicyclic) bond motifs is 1. The third-order valence-corrected chi connectivity index (χ3v) is 5.15. The molecule has 1 aliphatic heterocycles. The molecule has 0 amide bonds. The highest BCUT2D eigenvalue weighted by Crippen LogP contribution is 2.23. The van der Waals surface area contributed by atoms with Gasteiger partial charge in [-0.25, -0.2) is 9.50 Å². The van der Waals surface area contributed by atoms with Crippen molar-refractivity contribution in [1.82, 2.24) is 14.6 Å². The first-order chi connectivity index (χ1) is 13.8. The minimum absolute atomic E-state index is 0.419. The molecule has 1 aromatic carbocycles. The van der Waals surface area contributed by atoms with E-state index in [1.165, 1.54) is 18.4 Å². The second-order valence-electron chi connectivity index (χ2n) is 7.33. The molecule has 4 rings (SSSR count). The maximum atomic E-state index is 5.44. The Hall–Kier alpha value is -2.66. The van der Waals surface area contributed by atoms with Crippen molar-refractivity contribution in [1.29, 1.82) is 0 Å². The van der Waals surface area contributed by atoms with Gasteiger partial charge in [0.05, 0.1) is 11.9 Å². The van der Waals surface area contributed by atoms with Crippen molar-refractivity contribution in [2.75, 3.05) is 18.5 Å². The van der Waals surface area contributed by atoms with Gasteiger partial charge in [-0.2, -0.15) is 0 Å². The van der Waals surface area contributed by atoms with Crippen molar-refractivity contribution in [2.45, 2.75) is 45.1 Å². The molecule has 146 valence electrons. The van der Waals surface area contributed by atoms with Gasteiger partial charge in [-0.15, -0.1) is 5.10 Å². The first kappa shape index (κ1) is 18.7. The zero-order valence-electron chi connectivity index (χ0n) is 16.5. The summed E-state index contributed by atoms with van der Waals surface area (Å²) in [5.41, 5.74) is 4.20. The molecule has 0 bridgehead atoms. The SMILES string of the molecule is CCCC/C=C/c1cccc(-c2cnc3ccc(NC4CCOCC4)nn23)c1. The summed E-state index contributed by atoms with van der Waals surface area (Å²) in [5, 5.41) is 8.35. The molecule has 5 nitrogen and oxygen atoms in total. The van der Waals surface area contributed by atoms with Crippen LogP contribution in [0.4, 0.5) is 5.82 Å². The topological polar surface area (TPSA) is 51.5 Å². The molecule has 1 fully saturated rings. The monoisotopic (exact) mass is 376 g/mol. The minimum atomic E-state index is 0.419. The molecule has 5 heteroatoms. The van der Waals surface area contributed by atoms with Gasteiger partial charge in [0.1, 0.15) is 5.82 Å². The van der Waals surface area contributed by atoms with Crippen LogP contribution in [0.1, 0.15) is 44.6 Å². The zero-order chi connectivity index (χ0) is 19.2. The smallest absolute Gasteiger partial charge is 0.154 e. The predicted molar refractivity (Wildman–Crippen MR) is 114 cm³/mol. The molecule has 1 saturated heterocycles. The number of ether oxygens (including phenoxy) is 1. The van der Waals surface area contributed by atoms with Crippen LogP contribution in [-0.4, -0.2) is 33.9 Å². The molecule has 3 heterocycles. The van der Waals surface area contributed by atoms with E-state index in [0.717, 1.165) is 55.2 Å². The lowest BCUT2D eigenvalue weighted by atomic mass is 10.1. The number of benzene rings is 1. The standard InChI is InChI=1S/C23H28N4O/c1-2-3-4-5-7-18-8-6-9-19(16-18)21-17-24-23-11-10-22(26-27(21)23)25-20-12-14-28-15-13-20/h5-11,16-17,20H,2-4,12-15H2,1H3,(H,25,26)/b7-5+. The first-order valence-electron chi connectivity index (χ1n) is 10.3. The second-order valence-corrected chi connectivity index (χ2v) is 7.33. The van der Waals surface area contributed by atoms with Crippen LogP contribution in [0, 0.1) is 0 Å². The number of nitrogens with zero attached hydrogens (tertiary/aromatic N) is 3. The first-order valence-corrected chi connectivity index (χ1v) is 10.3. The number of unbranched alkanes of at least 4 members (excludes halogenated alkanes) is 2. The summed E-state index contributed by atoms with van der Waals surface area (Å²) in [7, 11) is 0. The van der Waals surface area contributed by atoms with Crippen LogP contribution >= 0.6 is 0 Å². The van der Waals surface area contributed by atoms with Crippen LogP contribution in [0.15, 0.2) is 48.7 Å². The predicted octanol–water partition coefficient (Wildman–Crippen LogP) is 5.19. The highest BCUT2D eigenvalue weighted by molar-refractivity contribution is 5.67. The Morgan fingerprint density at radius 3 is 2.96 bits per heavy atom. The average Bonchev–Trinajstić information content (AvgIpc) is 3.16. The van der Waals surface area contributed by atoms with Crippen LogP contribution in [-0.2, 0) is 4.74 Å². The van der Waals surface area contributed by atoms with Crippen molar-refractivity contribution >= 4 is 17.5 Å². The van der Waals surface area contributed by atoms with Crippen LogP contribution in [0.3, 0.4) is 0 Å². The summed E-state index contributed by atoms with van der Waals surface area (Å²) in [6.07, 6.45) is 12.0. The average molecular weight is 377 g/mol. The molecule has 0 spiro atoms. The lowest BCUT2D eigenvalue weighted by Crippen LogP contribution is -2.28. The van der Waals surface area contributed by atoms with Crippen molar-refractivity contribution < 1.29 is 4.74 Å². The number of nitrogens with one attached hydrogen (secondary N) is 1. The fraction of sp³-hybridized carbons (Fsp3) is 0.391. The minimum Gasteiger partial charge on any atom is -0.381 e. The van der Waals surface area contributed by atoms with Crippen LogP contribution < -0.4 is 5.32 Å². The molecule has 2 aromatic heterocycles. The fourth-order valence-corrected chi connectivity index (χ4v) is 3.54. The maximum absolute atomic E-state index is 5.44. The Labute approximate surface area is 166 Å². The van der Waals surface area contributed by atoms with Gasteiger partial charge in [0.2, 0.25) is 0 Å². The maximum Gasteiger partial charge on any atom is 0.154 e. The summed E-state index contributed by atoms with van der Waals surface area (Å²) in [5.74, 6) is 0.884. The Morgan fingerprint density at radius 1 is 1.21 bits per heavy atom. The summed E-state index contributed by atoms with van der Waals surface area (Å²) in [6, 6.07) is 13.0. The fourth-order valence-electron chi connectivity index (χ4n) is 3.54. The molecule has 0 aliphatic carbocycles. The van der Waals surface area contributed by atoms with E-state index in [1.54, 1.807) is 0 Å². The largest absolute Gasteiger partial charge is 0.381 e. The zero-order valence-corrected chi connectivity index (χ0v) is 16.5. The van der Waals surface area contributed by atoms with Crippen molar-refractivity contribution in [3.63, 3.8) is 0 Å². The lowest BCUT2D eigenvalue weighted by molar-refractivity contribution is 0.0903. The molecule has 1 N–H and O–H groups in total. The number of anilines is 1. The van der Waals surface area contributed by atoms with Gasteiger partial charge in [0.15, 0.2) is 5.65 Å². The number of imidazole rings is 1. The molecule has 0 unspecified atom stereocenters. The van der Waals surface area contributed by atoms with Gasteiger partial charge in [0.25, 0.3) is 0 Å². The number of hydrogen-bond donors (Lipinski definition) is 1. The summed E-state index contributed by atoms with van der Waals surface area (Å²) >= 11 is 0. The van der Waals surface area contributed by atoms with Crippen molar-refractivity contribution in [3.05, 3.63) is 54.2 Å². The Bertz CT molecular complexity index is 941. The molecule has 0 radical (unpaired) electrons. The van der Waals surface area contributed by atoms with Gasteiger partial charge in [-0.3, -0.25) is 0 Å². The van der Waals surface area contributed by atoms with Gasteiger partial charge in [-0.1, -0.05) is 50.1 Å². The highest BCUT2D eigenvalue weighted by Gasteiger charge is 2.15. The van der Waals surface area contributed by atoms with Gasteiger partial charge in [0, 0.05) is 24.8 Å². The summed E-state index contributed by atoms with van der Waals surface area (Å²) < 4.78 is 7.38. The third kappa shape index (κ3) is 4.42.